The molecule has 8 heteroatoms. The van der Waals surface area contributed by atoms with Crippen molar-refractivity contribution in [3.63, 3.8) is 0 Å². The van der Waals surface area contributed by atoms with Gasteiger partial charge in [-0.15, -0.1) is 0 Å². The zero-order chi connectivity index (χ0) is 24.9. The number of aromatic amines is 1. The number of halogens is 1. The summed E-state index contributed by atoms with van der Waals surface area (Å²) in [6.07, 6.45) is 1.42. The molecule has 1 aromatic heterocycles. The van der Waals surface area contributed by atoms with E-state index in [1.54, 1.807) is 19.2 Å². The van der Waals surface area contributed by atoms with E-state index in [4.69, 9.17) is 9.47 Å². The molecule has 3 aromatic rings. The number of H-pyrrole nitrogens is 1. The van der Waals surface area contributed by atoms with Crippen LogP contribution in [-0.4, -0.2) is 72.4 Å². The van der Waals surface area contributed by atoms with E-state index in [9.17, 15) is 14.3 Å². The maximum Gasteiger partial charge on any atom is 0.226 e. The molecule has 1 amide bonds. The Morgan fingerprint density at radius 1 is 1.19 bits per heavy atom. The maximum atomic E-state index is 13.8. The summed E-state index contributed by atoms with van der Waals surface area (Å²) in [5, 5.41) is 11.6. The fraction of sp³-hybridized carbons (Fsp3) is 0.464. The molecule has 4 heterocycles. The van der Waals surface area contributed by atoms with E-state index in [1.807, 2.05) is 23.1 Å². The molecule has 0 aliphatic carbocycles. The largest absolute Gasteiger partial charge is 0.497 e. The van der Waals surface area contributed by atoms with Crippen molar-refractivity contribution in [2.24, 2.45) is 5.92 Å². The first kappa shape index (κ1) is 23.5. The number of hydrogen-bond donors (Lipinski definition) is 2. The fourth-order valence-corrected chi connectivity index (χ4v) is 6.49. The molecule has 2 N–H and O–H groups in total. The summed E-state index contributed by atoms with van der Waals surface area (Å²) in [5.74, 6) is 0.543. The van der Waals surface area contributed by atoms with E-state index in [0.29, 0.717) is 39.1 Å². The van der Waals surface area contributed by atoms with Gasteiger partial charge in [0, 0.05) is 73.4 Å². The Labute approximate surface area is 209 Å². The van der Waals surface area contributed by atoms with Gasteiger partial charge in [-0.1, -0.05) is 12.1 Å². The summed E-state index contributed by atoms with van der Waals surface area (Å²) in [4.78, 5) is 21.5. The van der Waals surface area contributed by atoms with Crippen molar-refractivity contribution in [3.8, 4) is 5.75 Å². The number of nitrogens with zero attached hydrogens (tertiary/aromatic N) is 2. The van der Waals surface area contributed by atoms with E-state index in [0.717, 1.165) is 41.0 Å². The third-order valence-corrected chi connectivity index (χ3v) is 8.12. The summed E-state index contributed by atoms with van der Waals surface area (Å²) in [6, 6.07) is 12.3. The molecule has 1 spiro atoms. The second kappa shape index (κ2) is 9.18. The lowest BCUT2D eigenvalue weighted by molar-refractivity contribution is -0.146. The summed E-state index contributed by atoms with van der Waals surface area (Å²) in [5.41, 5.74) is 3.72. The molecule has 1 atom stereocenters. The zero-order valence-electron chi connectivity index (χ0n) is 20.5. The van der Waals surface area contributed by atoms with Crippen molar-refractivity contribution < 1.29 is 23.8 Å². The Bertz CT molecular complexity index is 1280. The highest BCUT2D eigenvalue weighted by Gasteiger charge is 2.54. The predicted octanol–water partition coefficient (Wildman–Crippen LogP) is 3.37. The molecule has 3 aliphatic heterocycles. The van der Waals surface area contributed by atoms with Gasteiger partial charge in [-0.2, -0.15) is 0 Å². The number of aromatic nitrogens is 1. The third-order valence-electron chi connectivity index (χ3n) is 8.12. The van der Waals surface area contributed by atoms with Crippen LogP contribution < -0.4 is 4.74 Å². The molecule has 0 radical (unpaired) electrons. The van der Waals surface area contributed by atoms with Crippen molar-refractivity contribution in [2.75, 3.05) is 46.6 Å². The Balaban J connectivity index is 1.38. The van der Waals surface area contributed by atoms with Crippen LogP contribution in [0.4, 0.5) is 4.39 Å². The first-order chi connectivity index (χ1) is 17.5. The average molecular weight is 494 g/mol. The predicted molar refractivity (Wildman–Crippen MR) is 133 cm³/mol. The quantitative estimate of drug-likeness (QED) is 0.570. The zero-order valence-corrected chi connectivity index (χ0v) is 20.5. The van der Waals surface area contributed by atoms with E-state index in [2.05, 4.69) is 16.0 Å². The summed E-state index contributed by atoms with van der Waals surface area (Å²) >= 11 is 0. The van der Waals surface area contributed by atoms with Crippen LogP contribution in [0.3, 0.4) is 0 Å². The first-order valence-electron chi connectivity index (χ1n) is 12.7. The number of likely N-dealkylation sites (tertiary alicyclic amines) is 1. The maximum absolute atomic E-state index is 13.8. The summed E-state index contributed by atoms with van der Waals surface area (Å²) in [7, 11) is 1.65. The van der Waals surface area contributed by atoms with E-state index >= 15 is 0 Å². The highest BCUT2D eigenvalue weighted by Crippen LogP contribution is 2.49. The Kier molecular flexibility index (Phi) is 5.98. The number of hydrogen-bond acceptors (Lipinski definition) is 5. The normalized spacial score (nSPS) is 22.0. The van der Waals surface area contributed by atoms with E-state index < -0.39 is 6.04 Å². The average Bonchev–Trinajstić information content (AvgIpc) is 3.26. The number of aliphatic hydroxyl groups is 1. The standard InChI is InChI=1S/C28H32FN3O4/c1-35-21-5-6-22-23(12-21)30-26-24(14-33)32(27(34)19-7-9-36-10-8-19)17-28(25(22)26)15-31(16-28)13-18-3-2-4-20(29)11-18/h2-6,11-12,19,24,30,33H,7-10,13-17H2,1H3/t24-/m1/s1. The molecule has 2 fully saturated rings. The lowest BCUT2D eigenvalue weighted by Gasteiger charge is -2.56. The summed E-state index contributed by atoms with van der Waals surface area (Å²) in [6.45, 7) is 3.77. The number of aliphatic hydroxyl groups excluding tert-OH is 1. The minimum Gasteiger partial charge on any atom is -0.497 e. The number of benzene rings is 2. The van der Waals surface area contributed by atoms with Crippen molar-refractivity contribution in [1.82, 2.24) is 14.8 Å². The highest BCUT2D eigenvalue weighted by molar-refractivity contribution is 5.89. The topological polar surface area (TPSA) is 78.0 Å². The number of methoxy groups -OCH3 is 1. The SMILES string of the molecule is COc1ccc2c3c([nH]c2c1)[C@@H](CO)N(C(=O)C1CCOCC1)CC31CN(Cc2cccc(F)c2)C1. The summed E-state index contributed by atoms with van der Waals surface area (Å²) < 4.78 is 24.7. The van der Waals surface area contributed by atoms with Gasteiger partial charge in [-0.25, -0.2) is 4.39 Å². The molecule has 0 unspecified atom stereocenters. The Morgan fingerprint density at radius 3 is 2.72 bits per heavy atom. The molecule has 2 saturated heterocycles. The van der Waals surface area contributed by atoms with Gasteiger partial charge in [0.05, 0.1) is 19.8 Å². The smallest absolute Gasteiger partial charge is 0.226 e. The van der Waals surface area contributed by atoms with Crippen molar-refractivity contribution in [2.45, 2.75) is 30.8 Å². The van der Waals surface area contributed by atoms with Gasteiger partial charge in [-0.05, 0) is 48.2 Å². The number of fused-ring (bicyclic) bond motifs is 4. The number of amides is 1. The van der Waals surface area contributed by atoms with Gasteiger partial charge in [0.25, 0.3) is 0 Å². The van der Waals surface area contributed by atoms with Gasteiger partial charge in [0.2, 0.25) is 5.91 Å². The minimum absolute atomic E-state index is 0.0839. The van der Waals surface area contributed by atoms with Crippen LogP contribution in [0.2, 0.25) is 0 Å². The first-order valence-corrected chi connectivity index (χ1v) is 12.7. The molecular weight excluding hydrogens is 461 g/mol. The van der Waals surface area contributed by atoms with Crippen LogP contribution in [0, 0.1) is 11.7 Å². The molecule has 2 aromatic carbocycles. The van der Waals surface area contributed by atoms with Gasteiger partial charge in [0.1, 0.15) is 11.6 Å². The van der Waals surface area contributed by atoms with E-state index in [1.165, 1.54) is 11.6 Å². The van der Waals surface area contributed by atoms with Crippen LogP contribution in [-0.2, 0) is 21.5 Å². The second-order valence-electron chi connectivity index (χ2n) is 10.4. The monoisotopic (exact) mass is 493 g/mol. The Morgan fingerprint density at radius 2 is 2.00 bits per heavy atom. The molecule has 36 heavy (non-hydrogen) atoms. The van der Waals surface area contributed by atoms with Gasteiger partial charge in [-0.3, -0.25) is 9.69 Å². The molecule has 7 nitrogen and oxygen atoms in total. The number of rotatable bonds is 5. The lowest BCUT2D eigenvalue weighted by Crippen LogP contribution is -2.67. The van der Waals surface area contributed by atoms with Crippen molar-refractivity contribution >= 4 is 16.8 Å². The van der Waals surface area contributed by atoms with Crippen LogP contribution in [0.15, 0.2) is 42.5 Å². The third kappa shape index (κ3) is 3.88. The molecular formula is C28H32FN3O4. The van der Waals surface area contributed by atoms with Crippen LogP contribution in [0.5, 0.6) is 5.75 Å². The van der Waals surface area contributed by atoms with Crippen LogP contribution in [0.1, 0.15) is 35.7 Å². The van der Waals surface area contributed by atoms with Gasteiger partial charge < -0.3 is 24.5 Å². The van der Waals surface area contributed by atoms with Crippen molar-refractivity contribution in [3.05, 3.63) is 65.1 Å². The second-order valence-corrected chi connectivity index (χ2v) is 10.4. The van der Waals surface area contributed by atoms with Crippen LogP contribution >= 0.6 is 0 Å². The van der Waals surface area contributed by atoms with Gasteiger partial charge >= 0.3 is 0 Å². The molecule has 6 rings (SSSR count). The number of nitrogens with one attached hydrogen (secondary N) is 1. The molecule has 3 aliphatic rings. The highest BCUT2D eigenvalue weighted by atomic mass is 19.1. The molecule has 190 valence electrons. The number of carbonyl (C=O) groups is 1. The molecule has 0 saturated carbocycles. The number of ether oxygens (including phenoxy) is 2. The van der Waals surface area contributed by atoms with Crippen LogP contribution in [0.25, 0.3) is 10.9 Å². The minimum atomic E-state index is -0.420. The van der Waals surface area contributed by atoms with Crippen molar-refractivity contribution in [1.29, 1.82) is 0 Å². The van der Waals surface area contributed by atoms with Gasteiger partial charge in [0.15, 0.2) is 0 Å². The fourth-order valence-electron chi connectivity index (χ4n) is 6.49. The lowest BCUT2D eigenvalue weighted by atomic mass is 9.68. The van der Waals surface area contributed by atoms with E-state index in [-0.39, 0.29) is 29.7 Å². The number of carbonyl (C=O) groups excluding carboxylic acids is 1. The Hall–Kier alpha value is -2.94. The molecule has 0 bridgehead atoms.